The Morgan fingerprint density at radius 3 is 2.52 bits per heavy atom. The Morgan fingerprint density at radius 2 is 1.88 bits per heavy atom. The summed E-state index contributed by atoms with van der Waals surface area (Å²) in [5.74, 6) is -5.82. The average Bonchev–Trinajstić information content (AvgIpc) is 2.95. The number of carbonyl (C=O) groups is 2. The molecule has 0 aliphatic heterocycles. The lowest BCUT2D eigenvalue weighted by Crippen LogP contribution is -2.34. The van der Waals surface area contributed by atoms with Crippen molar-refractivity contribution in [3.8, 4) is 0 Å². The molecule has 0 unspecified atom stereocenters. The molecule has 0 radical (unpaired) electrons. The van der Waals surface area contributed by atoms with Crippen molar-refractivity contribution in [1.29, 1.82) is 0 Å². The van der Waals surface area contributed by atoms with E-state index in [1.54, 1.807) is 16.8 Å². The Kier molecular flexibility index (Phi) is 5.89. The van der Waals surface area contributed by atoms with Crippen LogP contribution in [-0.4, -0.2) is 22.9 Å². The molecular formula is C16H15BrF3N3O2. The minimum absolute atomic E-state index is 0.0252. The second-order valence-corrected chi connectivity index (χ2v) is 6.41. The van der Waals surface area contributed by atoms with Crippen LogP contribution in [0.3, 0.4) is 0 Å². The predicted molar refractivity (Wildman–Crippen MR) is 89.8 cm³/mol. The summed E-state index contributed by atoms with van der Waals surface area (Å²) in [6, 6.07) is 3.22. The van der Waals surface area contributed by atoms with Crippen LogP contribution in [0.4, 0.5) is 18.9 Å². The zero-order valence-corrected chi connectivity index (χ0v) is 15.0. The Labute approximate surface area is 150 Å². The summed E-state index contributed by atoms with van der Waals surface area (Å²) in [6.07, 6.45) is 1.73. The maximum absolute atomic E-state index is 13.5. The summed E-state index contributed by atoms with van der Waals surface area (Å²) in [7, 11) is 0. The largest absolute Gasteiger partial charge is 0.342 e. The first-order valence-electron chi connectivity index (χ1n) is 7.29. The number of amides is 2. The van der Waals surface area contributed by atoms with Crippen LogP contribution in [0.2, 0.25) is 0 Å². The average molecular weight is 418 g/mol. The van der Waals surface area contributed by atoms with Crippen LogP contribution >= 0.6 is 15.9 Å². The van der Waals surface area contributed by atoms with Gasteiger partial charge < -0.3 is 15.2 Å². The number of rotatable bonds is 5. The van der Waals surface area contributed by atoms with Crippen molar-refractivity contribution >= 4 is 33.4 Å². The first-order valence-corrected chi connectivity index (χ1v) is 8.09. The Hall–Kier alpha value is -2.29. The molecule has 0 saturated carbocycles. The van der Waals surface area contributed by atoms with Gasteiger partial charge in [0.1, 0.15) is 5.69 Å². The van der Waals surface area contributed by atoms with Crippen molar-refractivity contribution in [2.45, 2.75) is 19.9 Å². The highest BCUT2D eigenvalue weighted by atomic mass is 79.9. The number of anilines is 1. The Balaban J connectivity index is 2.01. The molecule has 2 aromatic rings. The second kappa shape index (κ2) is 7.73. The van der Waals surface area contributed by atoms with Gasteiger partial charge in [-0.15, -0.1) is 0 Å². The third kappa shape index (κ3) is 4.41. The molecule has 2 rings (SSSR count). The molecule has 1 heterocycles. The fourth-order valence-corrected chi connectivity index (χ4v) is 2.56. The van der Waals surface area contributed by atoms with Gasteiger partial charge in [0, 0.05) is 16.7 Å². The lowest BCUT2D eigenvalue weighted by molar-refractivity contribution is -0.115. The van der Waals surface area contributed by atoms with Crippen LogP contribution < -0.4 is 10.6 Å². The molecule has 0 bridgehead atoms. The smallest absolute Gasteiger partial charge is 0.268 e. The molecule has 1 aromatic heterocycles. The summed E-state index contributed by atoms with van der Waals surface area (Å²) in [5.41, 5.74) is -0.167. The van der Waals surface area contributed by atoms with Gasteiger partial charge in [0.15, 0.2) is 17.5 Å². The molecule has 0 spiro atoms. The van der Waals surface area contributed by atoms with Crippen LogP contribution in [0, 0.1) is 17.5 Å². The molecule has 0 atom stereocenters. The lowest BCUT2D eigenvalue weighted by atomic mass is 10.2. The molecule has 0 aliphatic rings. The van der Waals surface area contributed by atoms with Crippen LogP contribution in [0.1, 0.15) is 30.4 Å². The SMILES string of the molecule is CC(C)n1cc(Br)cc1C(=O)NCC(=O)Nc1ccc(F)c(F)c1F. The van der Waals surface area contributed by atoms with E-state index < -0.39 is 41.5 Å². The maximum atomic E-state index is 13.5. The van der Waals surface area contributed by atoms with Gasteiger partial charge >= 0.3 is 0 Å². The predicted octanol–water partition coefficient (Wildman–Crippen LogP) is 3.62. The number of hydrogen-bond donors (Lipinski definition) is 2. The fraction of sp³-hybridized carbons (Fsp3) is 0.250. The summed E-state index contributed by atoms with van der Waals surface area (Å²) < 4.78 is 41.9. The number of benzene rings is 1. The standard InChI is InChI=1S/C16H15BrF3N3O2/c1-8(2)23-7-9(17)5-12(23)16(25)21-6-13(24)22-11-4-3-10(18)14(19)15(11)20/h3-5,7-8H,6H2,1-2H3,(H,21,25)(H,22,24). The summed E-state index contributed by atoms with van der Waals surface area (Å²) in [5, 5.41) is 4.47. The minimum atomic E-state index is -1.68. The topological polar surface area (TPSA) is 63.1 Å². The van der Waals surface area contributed by atoms with E-state index in [2.05, 4.69) is 26.6 Å². The second-order valence-electron chi connectivity index (χ2n) is 5.50. The highest BCUT2D eigenvalue weighted by molar-refractivity contribution is 9.10. The van der Waals surface area contributed by atoms with E-state index in [-0.39, 0.29) is 6.04 Å². The normalized spacial score (nSPS) is 10.8. The van der Waals surface area contributed by atoms with E-state index in [4.69, 9.17) is 0 Å². The van der Waals surface area contributed by atoms with Crippen molar-refractivity contribution in [2.75, 3.05) is 11.9 Å². The van der Waals surface area contributed by atoms with Gasteiger partial charge in [0.2, 0.25) is 5.91 Å². The van der Waals surface area contributed by atoms with Gasteiger partial charge in [-0.25, -0.2) is 13.2 Å². The molecule has 2 amide bonds. The van der Waals surface area contributed by atoms with Gasteiger partial charge in [-0.05, 0) is 48.0 Å². The number of hydrogen-bond acceptors (Lipinski definition) is 2. The molecule has 134 valence electrons. The molecule has 0 aliphatic carbocycles. The van der Waals surface area contributed by atoms with Crippen molar-refractivity contribution < 1.29 is 22.8 Å². The molecular weight excluding hydrogens is 403 g/mol. The van der Waals surface area contributed by atoms with Crippen LogP contribution in [0.25, 0.3) is 0 Å². The number of halogens is 4. The number of nitrogens with one attached hydrogen (secondary N) is 2. The highest BCUT2D eigenvalue weighted by Gasteiger charge is 2.18. The third-order valence-electron chi connectivity index (χ3n) is 3.32. The molecule has 9 heteroatoms. The van der Waals surface area contributed by atoms with Crippen LogP contribution in [0.5, 0.6) is 0 Å². The monoisotopic (exact) mass is 417 g/mol. The summed E-state index contributed by atoms with van der Waals surface area (Å²) in [6.45, 7) is 3.32. The molecule has 5 nitrogen and oxygen atoms in total. The molecule has 1 aromatic carbocycles. The Morgan fingerprint density at radius 1 is 1.20 bits per heavy atom. The van der Waals surface area contributed by atoms with Crippen LogP contribution in [0.15, 0.2) is 28.9 Å². The number of aromatic nitrogens is 1. The first kappa shape index (κ1) is 19.0. The van der Waals surface area contributed by atoms with Crippen molar-refractivity contribution in [2.24, 2.45) is 0 Å². The fourth-order valence-electron chi connectivity index (χ4n) is 2.12. The van der Waals surface area contributed by atoms with Gasteiger partial charge in [0.25, 0.3) is 5.91 Å². The zero-order chi connectivity index (χ0) is 18.7. The highest BCUT2D eigenvalue weighted by Crippen LogP contribution is 2.20. The van der Waals surface area contributed by atoms with Gasteiger partial charge in [0.05, 0.1) is 12.2 Å². The lowest BCUT2D eigenvalue weighted by Gasteiger charge is -2.13. The van der Waals surface area contributed by atoms with E-state index in [0.29, 0.717) is 16.2 Å². The van der Waals surface area contributed by atoms with Crippen molar-refractivity contribution in [1.82, 2.24) is 9.88 Å². The third-order valence-corrected chi connectivity index (χ3v) is 3.76. The molecule has 25 heavy (non-hydrogen) atoms. The van der Waals surface area contributed by atoms with E-state index in [9.17, 15) is 22.8 Å². The van der Waals surface area contributed by atoms with Gasteiger partial charge in [-0.3, -0.25) is 9.59 Å². The van der Waals surface area contributed by atoms with E-state index in [1.807, 2.05) is 13.8 Å². The molecule has 2 N–H and O–H groups in total. The van der Waals surface area contributed by atoms with E-state index in [1.165, 1.54) is 0 Å². The number of nitrogens with zero attached hydrogens (tertiary/aromatic N) is 1. The van der Waals surface area contributed by atoms with Crippen LogP contribution in [-0.2, 0) is 4.79 Å². The van der Waals surface area contributed by atoms with E-state index in [0.717, 1.165) is 6.07 Å². The van der Waals surface area contributed by atoms with Gasteiger partial charge in [-0.2, -0.15) is 0 Å². The van der Waals surface area contributed by atoms with Gasteiger partial charge in [-0.1, -0.05) is 0 Å². The van der Waals surface area contributed by atoms with E-state index >= 15 is 0 Å². The quantitative estimate of drug-likeness (QED) is 0.729. The maximum Gasteiger partial charge on any atom is 0.268 e. The van der Waals surface area contributed by atoms with Crippen molar-refractivity contribution in [3.63, 3.8) is 0 Å². The first-order chi connectivity index (χ1) is 11.7. The zero-order valence-electron chi connectivity index (χ0n) is 13.4. The van der Waals surface area contributed by atoms with Crippen molar-refractivity contribution in [3.05, 3.63) is 52.0 Å². The molecule has 0 saturated heterocycles. The summed E-state index contributed by atoms with van der Waals surface area (Å²) >= 11 is 3.28. The molecule has 0 fully saturated rings. The summed E-state index contributed by atoms with van der Waals surface area (Å²) in [4.78, 5) is 24.0. The number of carbonyl (C=O) groups excluding carboxylic acids is 2. The Bertz CT molecular complexity index is 821. The minimum Gasteiger partial charge on any atom is -0.342 e.